The van der Waals surface area contributed by atoms with E-state index in [-0.39, 0.29) is 11.8 Å². The quantitative estimate of drug-likeness (QED) is 0.579. The van der Waals surface area contributed by atoms with Crippen molar-refractivity contribution in [1.82, 2.24) is 10.4 Å². The highest BCUT2D eigenvalue weighted by molar-refractivity contribution is 5.87. The Morgan fingerprint density at radius 3 is 2.39 bits per heavy atom. The number of rotatable bonds is 5. The van der Waals surface area contributed by atoms with Crippen LogP contribution in [0.4, 0.5) is 0 Å². The number of carbonyl (C=O) groups is 2. The van der Waals surface area contributed by atoms with E-state index in [0.29, 0.717) is 6.42 Å². The van der Waals surface area contributed by atoms with E-state index < -0.39 is 11.8 Å². The molecule has 0 aromatic heterocycles. The highest BCUT2D eigenvalue weighted by Gasteiger charge is 2.32. The number of hydrogen-bond donors (Lipinski definition) is 2. The SMILES string of the molecule is CCC[C@@H](C(=O)N1CCCCC1)C(C)C(=O)NO. The minimum Gasteiger partial charge on any atom is -0.342 e. The van der Waals surface area contributed by atoms with E-state index in [4.69, 9.17) is 5.21 Å². The maximum atomic E-state index is 12.4. The molecular weight excluding hydrogens is 232 g/mol. The number of carbonyl (C=O) groups excluding carboxylic acids is 2. The summed E-state index contributed by atoms with van der Waals surface area (Å²) in [6, 6.07) is 0. The fourth-order valence-corrected chi connectivity index (χ4v) is 2.53. The number of hydrogen-bond acceptors (Lipinski definition) is 3. The summed E-state index contributed by atoms with van der Waals surface area (Å²) in [7, 11) is 0. The van der Waals surface area contributed by atoms with E-state index in [1.165, 1.54) is 6.42 Å². The lowest BCUT2D eigenvalue weighted by atomic mass is 9.87. The summed E-state index contributed by atoms with van der Waals surface area (Å²) in [5.74, 6) is -1.21. The molecule has 0 aromatic rings. The molecule has 0 aliphatic carbocycles. The molecule has 2 atom stereocenters. The van der Waals surface area contributed by atoms with Gasteiger partial charge in [-0.3, -0.25) is 14.8 Å². The van der Waals surface area contributed by atoms with Crippen molar-refractivity contribution in [2.75, 3.05) is 13.1 Å². The first kappa shape index (κ1) is 15.0. The Morgan fingerprint density at radius 2 is 1.89 bits per heavy atom. The zero-order valence-electron chi connectivity index (χ0n) is 11.3. The monoisotopic (exact) mass is 256 g/mol. The van der Waals surface area contributed by atoms with Crippen molar-refractivity contribution in [3.8, 4) is 0 Å². The molecule has 1 saturated heterocycles. The Balaban J connectivity index is 2.70. The van der Waals surface area contributed by atoms with Crippen LogP contribution < -0.4 is 5.48 Å². The van der Waals surface area contributed by atoms with Crippen LogP contribution in [0.25, 0.3) is 0 Å². The second-order valence-corrected chi connectivity index (χ2v) is 5.05. The highest BCUT2D eigenvalue weighted by Crippen LogP contribution is 2.22. The third kappa shape index (κ3) is 3.70. The van der Waals surface area contributed by atoms with Gasteiger partial charge in [0.1, 0.15) is 0 Å². The van der Waals surface area contributed by atoms with Crippen LogP contribution in [0, 0.1) is 11.8 Å². The van der Waals surface area contributed by atoms with Gasteiger partial charge in [0, 0.05) is 24.9 Å². The Hall–Kier alpha value is -1.10. The molecule has 1 heterocycles. The van der Waals surface area contributed by atoms with Gasteiger partial charge >= 0.3 is 0 Å². The predicted octanol–water partition coefficient (Wildman–Crippen LogP) is 1.56. The largest absolute Gasteiger partial charge is 0.342 e. The first-order chi connectivity index (χ1) is 8.61. The maximum absolute atomic E-state index is 12.4. The predicted molar refractivity (Wildman–Crippen MR) is 67.9 cm³/mol. The second kappa shape index (κ2) is 7.36. The third-order valence-corrected chi connectivity index (χ3v) is 3.71. The first-order valence-electron chi connectivity index (χ1n) is 6.84. The first-order valence-corrected chi connectivity index (χ1v) is 6.84. The van der Waals surface area contributed by atoms with Crippen LogP contribution in [0.3, 0.4) is 0 Å². The van der Waals surface area contributed by atoms with E-state index in [1.54, 1.807) is 12.4 Å². The van der Waals surface area contributed by atoms with Crippen molar-refractivity contribution in [2.45, 2.75) is 46.0 Å². The van der Waals surface area contributed by atoms with Crippen LogP contribution in [-0.4, -0.2) is 35.0 Å². The summed E-state index contributed by atoms with van der Waals surface area (Å²) in [6.45, 7) is 5.30. The average Bonchev–Trinajstić information content (AvgIpc) is 2.43. The third-order valence-electron chi connectivity index (χ3n) is 3.71. The van der Waals surface area contributed by atoms with Crippen LogP contribution in [0.15, 0.2) is 0 Å². The summed E-state index contributed by atoms with van der Waals surface area (Å²) in [6.07, 6.45) is 4.81. The summed E-state index contributed by atoms with van der Waals surface area (Å²) < 4.78 is 0. The van der Waals surface area contributed by atoms with Crippen molar-refractivity contribution in [3.63, 3.8) is 0 Å². The number of nitrogens with one attached hydrogen (secondary N) is 1. The lowest BCUT2D eigenvalue weighted by Crippen LogP contribution is -2.44. The second-order valence-electron chi connectivity index (χ2n) is 5.05. The van der Waals surface area contributed by atoms with Crippen molar-refractivity contribution in [2.24, 2.45) is 11.8 Å². The molecule has 2 N–H and O–H groups in total. The normalized spacial score (nSPS) is 19.2. The molecule has 0 bridgehead atoms. The van der Waals surface area contributed by atoms with Gasteiger partial charge in [0.2, 0.25) is 11.8 Å². The average molecular weight is 256 g/mol. The number of piperidine rings is 1. The molecule has 1 fully saturated rings. The summed E-state index contributed by atoms with van der Waals surface area (Å²) in [5.41, 5.74) is 1.65. The van der Waals surface area contributed by atoms with Gasteiger partial charge in [-0.1, -0.05) is 20.3 Å². The zero-order chi connectivity index (χ0) is 13.5. The maximum Gasteiger partial charge on any atom is 0.246 e. The minimum atomic E-state index is -0.482. The van der Waals surface area contributed by atoms with Crippen LogP contribution in [0.2, 0.25) is 0 Å². The van der Waals surface area contributed by atoms with Crippen LogP contribution in [0.5, 0.6) is 0 Å². The van der Waals surface area contributed by atoms with Gasteiger partial charge in [0.25, 0.3) is 0 Å². The molecule has 0 spiro atoms. The topological polar surface area (TPSA) is 69.6 Å². The summed E-state index contributed by atoms with van der Waals surface area (Å²) >= 11 is 0. The molecule has 0 radical (unpaired) electrons. The van der Waals surface area contributed by atoms with Gasteiger partial charge in [-0.2, -0.15) is 0 Å². The van der Waals surface area contributed by atoms with E-state index in [9.17, 15) is 9.59 Å². The number of likely N-dealkylation sites (tertiary alicyclic amines) is 1. The molecule has 1 rings (SSSR count). The molecule has 0 aromatic carbocycles. The van der Waals surface area contributed by atoms with Crippen molar-refractivity contribution < 1.29 is 14.8 Å². The highest BCUT2D eigenvalue weighted by atomic mass is 16.5. The van der Waals surface area contributed by atoms with E-state index in [2.05, 4.69) is 0 Å². The molecular formula is C13H24N2O3. The Morgan fingerprint density at radius 1 is 1.28 bits per heavy atom. The van der Waals surface area contributed by atoms with Gasteiger partial charge in [0.15, 0.2) is 0 Å². The van der Waals surface area contributed by atoms with Crippen LogP contribution >= 0.6 is 0 Å². The lowest BCUT2D eigenvalue weighted by Gasteiger charge is -2.32. The summed E-state index contributed by atoms with van der Waals surface area (Å²) in [5, 5.41) is 8.69. The Labute approximate surface area is 108 Å². The Bertz CT molecular complexity index is 288. The molecule has 104 valence electrons. The van der Waals surface area contributed by atoms with E-state index in [1.807, 2.05) is 11.8 Å². The standard InChI is InChI=1S/C13H24N2O3/c1-3-7-11(10(2)12(16)14-18)13(17)15-8-5-4-6-9-15/h10-11,18H,3-9H2,1-2H3,(H,14,16)/t10?,11-/m1/s1. The van der Waals surface area contributed by atoms with Gasteiger partial charge in [-0.25, -0.2) is 5.48 Å². The molecule has 2 amide bonds. The molecule has 5 nitrogen and oxygen atoms in total. The van der Waals surface area contributed by atoms with Gasteiger partial charge in [-0.05, 0) is 25.7 Å². The van der Waals surface area contributed by atoms with Crippen molar-refractivity contribution in [1.29, 1.82) is 0 Å². The van der Waals surface area contributed by atoms with Crippen molar-refractivity contribution in [3.05, 3.63) is 0 Å². The van der Waals surface area contributed by atoms with Gasteiger partial charge in [0.05, 0.1) is 0 Å². The number of hydroxylamine groups is 1. The number of nitrogens with zero attached hydrogens (tertiary/aromatic N) is 1. The zero-order valence-corrected chi connectivity index (χ0v) is 11.3. The fourth-order valence-electron chi connectivity index (χ4n) is 2.53. The molecule has 1 aliphatic rings. The van der Waals surface area contributed by atoms with Crippen LogP contribution in [0.1, 0.15) is 46.0 Å². The van der Waals surface area contributed by atoms with Crippen molar-refractivity contribution >= 4 is 11.8 Å². The molecule has 1 unspecified atom stereocenters. The molecule has 0 saturated carbocycles. The van der Waals surface area contributed by atoms with Crippen LogP contribution in [-0.2, 0) is 9.59 Å². The fraction of sp³-hybridized carbons (Fsp3) is 0.846. The summed E-state index contributed by atoms with van der Waals surface area (Å²) in [4.78, 5) is 25.8. The Kier molecular flexibility index (Phi) is 6.12. The van der Waals surface area contributed by atoms with Gasteiger partial charge in [-0.15, -0.1) is 0 Å². The van der Waals surface area contributed by atoms with E-state index >= 15 is 0 Å². The molecule has 1 aliphatic heterocycles. The molecule has 18 heavy (non-hydrogen) atoms. The lowest BCUT2D eigenvalue weighted by molar-refractivity contribution is -0.145. The van der Waals surface area contributed by atoms with E-state index in [0.717, 1.165) is 32.4 Å². The van der Waals surface area contributed by atoms with Gasteiger partial charge < -0.3 is 4.90 Å². The number of amides is 2. The minimum absolute atomic E-state index is 0.0626. The smallest absolute Gasteiger partial charge is 0.246 e. The molecule has 5 heteroatoms.